The van der Waals surface area contributed by atoms with Gasteiger partial charge in [0.05, 0.1) is 25.9 Å². The standard InChI is InChI=1S/C40H63NO4.C14H21NO6.C2H6.CH4/c1-30(17-12-11-14-18-31(2)34(5)41-36-23-25-37(44-6)26-24-36)27-33(4)40(43)29-39(42)32(3)19-13-9-8-10-15-20-35-21-16-22-38(28-35)45-7;1-9-5-4-8-21-14(9,20)11(16)12(17)15-7-3-2-6-10(15)13(18)19;1-2;/h11-12,14,17-19,23-26,30,33-35,38-39,41-42H,8-10,13,15-16,20-22,27-29H2,1-7H3;9-10,20H,2-8H2,1H3,(H,18,19);1-2H3;1H4/b14-11+,17-12+,31-18+,32-19+;;;/t30?,33-,34?,35-,38+,39+;9-,10+,14-;;/m11../s1. The summed E-state index contributed by atoms with van der Waals surface area (Å²) in [6.07, 6.45) is 28.7. The van der Waals surface area contributed by atoms with E-state index in [9.17, 15) is 29.4 Å². The summed E-state index contributed by atoms with van der Waals surface area (Å²) in [5.41, 5.74) is 3.22. The van der Waals surface area contributed by atoms with Gasteiger partial charge in [-0.3, -0.25) is 14.4 Å². The largest absolute Gasteiger partial charge is 0.497 e. The Kier molecular flexibility index (Phi) is 31.2. The lowest BCUT2D eigenvalue weighted by atomic mass is 9.84. The van der Waals surface area contributed by atoms with Crippen LogP contribution in [0.2, 0.25) is 0 Å². The third-order valence-electron chi connectivity index (χ3n) is 13.8. The van der Waals surface area contributed by atoms with E-state index in [1.807, 2.05) is 65.1 Å². The van der Waals surface area contributed by atoms with Crippen LogP contribution in [0, 0.1) is 23.7 Å². The number of rotatable bonds is 24. The molecular formula is C57H94N2O10. The van der Waals surface area contributed by atoms with Crippen molar-refractivity contribution in [2.75, 3.05) is 32.7 Å². The Morgan fingerprint density at radius 3 is 2.25 bits per heavy atom. The summed E-state index contributed by atoms with van der Waals surface area (Å²) in [6, 6.07) is 7.15. The number of hydrogen-bond donors (Lipinski definition) is 4. The summed E-state index contributed by atoms with van der Waals surface area (Å²) in [7, 11) is 3.52. The molecule has 1 saturated carbocycles. The van der Waals surface area contributed by atoms with Gasteiger partial charge in [-0.1, -0.05) is 123 Å². The van der Waals surface area contributed by atoms with Crippen LogP contribution in [0.3, 0.4) is 0 Å². The number of nitrogens with one attached hydrogen (secondary N) is 1. The third kappa shape index (κ3) is 22.3. The quantitative estimate of drug-likeness (QED) is 0.0336. The molecule has 2 heterocycles. The lowest BCUT2D eigenvalue weighted by molar-refractivity contribution is -0.240. The smallest absolute Gasteiger partial charge is 0.326 e. The highest BCUT2D eigenvalue weighted by Crippen LogP contribution is 2.32. The number of allylic oxidation sites excluding steroid dienone is 6. The van der Waals surface area contributed by atoms with Crippen molar-refractivity contribution in [3.63, 3.8) is 0 Å². The zero-order valence-electron chi connectivity index (χ0n) is 43.5. The van der Waals surface area contributed by atoms with Crippen molar-refractivity contribution in [2.45, 2.75) is 202 Å². The van der Waals surface area contributed by atoms with Gasteiger partial charge in [-0.25, -0.2) is 4.79 Å². The number of carbonyl (C=O) groups is 4. The molecule has 1 aromatic carbocycles. The second-order valence-corrected chi connectivity index (χ2v) is 19.2. The van der Waals surface area contributed by atoms with Gasteiger partial charge < -0.3 is 39.7 Å². The number of likely N-dealkylation sites (tertiary alicyclic amines) is 1. The first-order valence-corrected chi connectivity index (χ1v) is 25.8. The molecule has 1 aromatic rings. The van der Waals surface area contributed by atoms with E-state index in [0.29, 0.717) is 38.2 Å². The molecule has 1 aliphatic carbocycles. The van der Waals surface area contributed by atoms with E-state index in [-0.39, 0.29) is 50.7 Å². The van der Waals surface area contributed by atoms with E-state index in [2.05, 4.69) is 56.5 Å². The van der Waals surface area contributed by atoms with E-state index in [4.69, 9.17) is 19.3 Å². The number of ketones is 2. The first-order valence-electron chi connectivity index (χ1n) is 25.8. The highest BCUT2D eigenvalue weighted by atomic mass is 16.6. The minimum absolute atomic E-state index is 0. The molecule has 0 spiro atoms. The van der Waals surface area contributed by atoms with Crippen LogP contribution < -0.4 is 10.1 Å². The van der Waals surface area contributed by atoms with E-state index in [0.717, 1.165) is 47.1 Å². The first kappa shape index (κ1) is 62.9. The summed E-state index contributed by atoms with van der Waals surface area (Å²) in [6.45, 7) is 16.4. The van der Waals surface area contributed by atoms with Gasteiger partial charge >= 0.3 is 5.97 Å². The Hall–Kier alpha value is -4.10. The maximum Gasteiger partial charge on any atom is 0.326 e. The molecule has 3 fully saturated rings. The molecule has 0 bridgehead atoms. The molecule has 9 atom stereocenters. The molecular weight excluding hydrogens is 873 g/mol. The normalized spacial score (nSPS) is 23.8. The predicted molar refractivity (Wildman–Crippen MR) is 280 cm³/mol. The van der Waals surface area contributed by atoms with Crippen molar-refractivity contribution in [3.8, 4) is 5.75 Å². The van der Waals surface area contributed by atoms with Gasteiger partial charge in [-0.15, -0.1) is 0 Å². The Bertz CT molecular complexity index is 1770. The van der Waals surface area contributed by atoms with E-state index in [1.165, 1.54) is 56.9 Å². The molecule has 4 rings (SSSR count). The SMILES string of the molecule is C.CC.COc1ccc(NC(C)/C(C)=C/C=C/C=C/C(C)C[C@@H](C)C(=O)C[C@H](O)/C(C)=C/CCCCCC[C@@H]2CCC[C@H](OC)C2)cc1.C[C@@H]1CCCO[C@@]1(O)C(=O)C(=O)N1CCCC[C@H]1C(=O)O. The summed E-state index contributed by atoms with van der Waals surface area (Å²) >= 11 is 0. The number of carboxylic acid groups (broad SMARTS) is 1. The highest BCUT2D eigenvalue weighted by Gasteiger charge is 2.50. The Morgan fingerprint density at radius 1 is 0.899 bits per heavy atom. The number of unbranched alkanes of at least 4 members (excludes halogenated alkanes) is 4. The molecule has 2 aliphatic heterocycles. The number of aliphatic carboxylic acids is 1. The van der Waals surface area contributed by atoms with Crippen LogP contribution in [0.4, 0.5) is 5.69 Å². The van der Waals surface area contributed by atoms with Crippen LogP contribution in [0.5, 0.6) is 5.75 Å². The number of aliphatic hydroxyl groups excluding tert-OH is 1. The van der Waals surface area contributed by atoms with Gasteiger partial charge in [0, 0.05) is 43.6 Å². The lowest BCUT2D eigenvalue weighted by Crippen LogP contribution is -2.59. The molecule has 0 radical (unpaired) electrons. The number of benzene rings is 1. The van der Waals surface area contributed by atoms with Gasteiger partial charge in [0.25, 0.3) is 11.7 Å². The fourth-order valence-corrected chi connectivity index (χ4v) is 9.12. The number of nitrogens with zero attached hydrogens (tertiary/aromatic N) is 1. The zero-order chi connectivity index (χ0) is 50.6. The van der Waals surface area contributed by atoms with Gasteiger partial charge in [0.2, 0.25) is 5.79 Å². The number of piperidine rings is 1. The fourth-order valence-electron chi connectivity index (χ4n) is 9.12. The van der Waals surface area contributed by atoms with Crippen LogP contribution in [-0.4, -0.2) is 101 Å². The van der Waals surface area contributed by atoms with E-state index in [1.54, 1.807) is 14.0 Å². The number of carboxylic acids is 1. The summed E-state index contributed by atoms with van der Waals surface area (Å²) in [5, 5.41) is 33.7. The van der Waals surface area contributed by atoms with Gasteiger partial charge in [0.1, 0.15) is 17.6 Å². The molecule has 0 aromatic heterocycles. The molecule has 69 heavy (non-hydrogen) atoms. The first-order chi connectivity index (χ1) is 32.5. The van der Waals surface area contributed by atoms with Crippen LogP contribution in [-0.2, 0) is 28.7 Å². The molecule has 4 N–H and O–H groups in total. The van der Waals surface area contributed by atoms with Crippen LogP contribution >= 0.6 is 0 Å². The minimum Gasteiger partial charge on any atom is -0.497 e. The van der Waals surface area contributed by atoms with Crippen LogP contribution in [0.25, 0.3) is 0 Å². The average molecular weight is 967 g/mol. The number of anilines is 1. The second kappa shape index (κ2) is 34.3. The second-order valence-electron chi connectivity index (χ2n) is 19.2. The number of carbonyl (C=O) groups excluding carboxylic acids is 3. The maximum absolute atomic E-state index is 12.8. The highest BCUT2D eigenvalue weighted by molar-refractivity contribution is 6.39. The van der Waals surface area contributed by atoms with Crippen molar-refractivity contribution < 1.29 is 48.7 Å². The van der Waals surface area contributed by atoms with Crippen molar-refractivity contribution >= 4 is 29.1 Å². The van der Waals surface area contributed by atoms with Crippen molar-refractivity contribution in [1.82, 2.24) is 4.90 Å². The van der Waals surface area contributed by atoms with Gasteiger partial charge in [-0.2, -0.15) is 0 Å². The fraction of sp³-hybridized carbons (Fsp3) is 0.684. The maximum atomic E-state index is 12.8. The van der Waals surface area contributed by atoms with Crippen LogP contribution in [0.15, 0.2) is 71.9 Å². The van der Waals surface area contributed by atoms with E-state index < -0.39 is 41.5 Å². The number of amides is 1. The monoisotopic (exact) mass is 967 g/mol. The van der Waals surface area contributed by atoms with Crippen molar-refractivity contribution in [1.29, 1.82) is 0 Å². The number of hydrogen-bond acceptors (Lipinski definition) is 10. The predicted octanol–water partition coefficient (Wildman–Crippen LogP) is 11.8. The molecule has 3 aliphatic rings. The zero-order valence-corrected chi connectivity index (χ0v) is 43.5. The minimum atomic E-state index is -2.13. The lowest BCUT2D eigenvalue weighted by Gasteiger charge is -2.38. The topological polar surface area (TPSA) is 172 Å². The van der Waals surface area contributed by atoms with Gasteiger partial charge in [-0.05, 0) is 127 Å². The molecule has 2 unspecified atom stereocenters. The summed E-state index contributed by atoms with van der Waals surface area (Å²) in [5.74, 6) is -3.72. The summed E-state index contributed by atoms with van der Waals surface area (Å²) in [4.78, 5) is 49.8. The molecule has 12 nitrogen and oxygen atoms in total. The Morgan fingerprint density at radius 2 is 1.59 bits per heavy atom. The number of methoxy groups -OCH3 is 2. The third-order valence-corrected chi connectivity index (χ3v) is 13.8. The van der Waals surface area contributed by atoms with Crippen molar-refractivity contribution in [2.24, 2.45) is 23.7 Å². The average Bonchev–Trinajstić information content (AvgIpc) is 3.34. The number of Topliss-reactive ketones (excluding diaryl/α,β-unsaturated/α-hetero) is 2. The van der Waals surface area contributed by atoms with Gasteiger partial charge in [0.15, 0.2) is 0 Å². The number of ether oxygens (including phenoxy) is 3. The summed E-state index contributed by atoms with van der Waals surface area (Å²) < 4.78 is 16.0. The molecule has 2 saturated heterocycles. The Balaban J connectivity index is 0.000000825. The molecule has 1 amide bonds. The van der Waals surface area contributed by atoms with E-state index >= 15 is 0 Å². The molecule has 392 valence electrons. The Labute approximate surface area is 417 Å². The number of aliphatic hydroxyl groups is 2. The van der Waals surface area contributed by atoms with Crippen molar-refractivity contribution in [3.05, 3.63) is 71.9 Å². The molecule has 12 heteroatoms. The van der Waals surface area contributed by atoms with Crippen LogP contribution in [0.1, 0.15) is 172 Å².